The van der Waals surface area contributed by atoms with Gasteiger partial charge in [0.25, 0.3) is 0 Å². The number of ether oxygens (including phenoxy) is 1. The van der Waals surface area contributed by atoms with E-state index in [0.717, 1.165) is 18.7 Å². The van der Waals surface area contributed by atoms with Crippen LogP contribution in [0.25, 0.3) is 0 Å². The lowest BCUT2D eigenvalue weighted by Gasteiger charge is -2.28. The van der Waals surface area contributed by atoms with E-state index < -0.39 is 0 Å². The molecule has 2 heteroatoms. The normalized spacial score (nSPS) is 23.7. The van der Waals surface area contributed by atoms with Crippen LogP contribution < -0.4 is 10.5 Å². The highest BCUT2D eigenvalue weighted by atomic mass is 16.5. The van der Waals surface area contributed by atoms with Crippen molar-refractivity contribution in [1.82, 2.24) is 0 Å². The van der Waals surface area contributed by atoms with Gasteiger partial charge in [0.05, 0.1) is 0 Å². The van der Waals surface area contributed by atoms with Crippen LogP contribution in [0.15, 0.2) is 18.2 Å². The lowest BCUT2D eigenvalue weighted by Crippen LogP contribution is -2.32. The minimum atomic E-state index is -0.0491. The van der Waals surface area contributed by atoms with E-state index >= 15 is 0 Å². The Morgan fingerprint density at radius 3 is 2.61 bits per heavy atom. The summed E-state index contributed by atoms with van der Waals surface area (Å²) in [7, 11) is 0. The summed E-state index contributed by atoms with van der Waals surface area (Å²) in [6.07, 6.45) is 6.13. The molecular formula is C16H23NO. The fraction of sp³-hybridized carbons (Fsp3) is 0.625. The third-order valence-corrected chi connectivity index (χ3v) is 4.63. The molecule has 3 rings (SSSR count). The predicted molar refractivity (Wildman–Crippen MR) is 74.1 cm³/mol. The molecular weight excluding hydrogens is 222 g/mol. The van der Waals surface area contributed by atoms with Crippen LogP contribution in [0.5, 0.6) is 5.75 Å². The highest BCUT2D eigenvalue weighted by Gasteiger charge is 2.36. The van der Waals surface area contributed by atoms with Gasteiger partial charge in [-0.15, -0.1) is 0 Å². The second kappa shape index (κ2) is 3.99. The molecule has 2 N–H and O–H groups in total. The molecule has 0 bridgehead atoms. The summed E-state index contributed by atoms with van der Waals surface area (Å²) in [5.41, 5.74) is 9.05. The lowest BCUT2D eigenvalue weighted by atomic mass is 9.78. The summed E-state index contributed by atoms with van der Waals surface area (Å²) in [6, 6.07) is 6.73. The van der Waals surface area contributed by atoms with Crippen molar-refractivity contribution in [3.8, 4) is 5.75 Å². The second-order valence-electron chi connectivity index (χ2n) is 6.55. The summed E-state index contributed by atoms with van der Waals surface area (Å²) < 4.78 is 5.95. The molecule has 98 valence electrons. The molecule has 0 radical (unpaired) electrons. The Morgan fingerprint density at radius 2 is 1.94 bits per heavy atom. The molecule has 1 aromatic rings. The van der Waals surface area contributed by atoms with E-state index in [1.807, 2.05) is 0 Å². The summed E-state index contributed by atoms with van der Waals surface area (Å²) in [5, 5.41) is 0. The predicted octanol–water partition coefficient (Wildman–Crippen LogP) is 3.17. The van der Waals surface area contributed by atoms with Gasteiger partial charge >= 0.3 is 0 Å². The molecule has 0 saturated heterocycles. The summed E-state index contributed by atoms with van der Waals surface area (Å²) in [6.45, 7) is 5.08. The van der Waals surface area contributed by atoms with Gasteiger partial charge < -0.3 is 10.5 Å². The molecule has 1 fully saturated rings. The zero-order valence-electron chi connectivity index (χ0n) is 11.5. The second-order valence-corrected chi connectivity index (χ2v) is 6.55. The van der Waals surface area contributed by atoms with E-state index in [4.69, 9.17) is 10.5 Å². The van der Waals surface area contributed by atoms with Crippen LogP contribution in [0.4, 0.5) is 0 Å². The number of nitrogens with two attached hydrogens (primary N) is 1. The maximum absolute atomic E-state index is 6.07. The van der Waals surface area contributed by atoms with E-state index in [1.54, 1.807) is 0 Å². The Balaban J connectivity index is 1.97. The first-order valence-corrected chi connectivity index (χ1v) is 7.07. The number of hydrogen-bond donors (Lipinski definition) is 1. The molecule has 0 atom stereocenters. The Bertz CT molecular complexity index is 458. The molecule has 0 spiro atoms. The molecule has 0 aromatic heterocycles. The molecule has 2 nitrogen and oxygen atoms in total. The van der Waals surface area contributed by atoms with Crippen molar-refractivity contribution in [1.29, 1.82) is 0 Å². The smallest absolute Gasteiger partial charge is 0.123 e. The van der Waals surface area contributed by atoms with Crippen molar-refractivity contribution in [3.63, 3.8) is 0 Å². The van der Waals surface area contributed by atoms with Crippen LogP contribution in [0.1, 0.15) is 50.7 Å². The molecule has 1 aromatic carbocycles. The van der Waals surface area contributed by atoms with Crippen LogP contribution in [-0.4, -0.2) is 12.1 Å². The van der Waals surface area contributed by atoms with Crippen molar-refractivity contribution >= 4 is 0 Å². The molecule has 18 heavy (non-hydrogen) atoms. The summed E-state index contributed by atoms with van der Waals surface area (Å²) in [5.74, 6) is 1.06. The SMILES string of the molecule is CC1(C)Cc2cc(C3(CN)CCCC3)ccc2O1. The van der Waals surface area contributed by atoms with Crippen LogP contribution in [-0.2, 0) is 11.8 Å². The van der Waals surface area contributed by atoms with E-state index in [1.165, 1.54) is 36.8 Å². The van der Waals surface area contributed by atoms with Gasteiger partial charge in [-0.1, -0.05) is 25.0 Å². The summed E-state index contributed by atoms with van der Waals surface area (Å²) >= 11 is 0. The molecule has 0 amide bonds. The number of fused-ring (bicyclic) bond motifs is 1. The van der Waals surface area contributed by atoms with Gasteiger partial charge in [0.15, 0.2) is 0 Å². The topological polar surface area (TPSA) is 35.2 Å². The minimum absolute atomic E-state index is 0.0491. The van der Waals surface area contributed by atoms with Crippen molar-refractivity contribution in [2.24, 2.45) is 5.73 Å². The Labute approximate surface area is 110 Å². The summed E-state index contributed by atoms with van der Waals surface area (Å²) in [4.78, 5) is 0. The molecule has 0 unspecified atom stereocenters. The average Bonchev–Trinajstić information content (AvgIpc) is 2.90. The highest BCUT2D eigenvalue weighted by molar-refractivity contribution is 5.44. The van der Waals surface area contributed by atoms with Gasteiger partial charge in [0, 0.05) is 18.4 Å². The quantitative estimate of drug-likeness (QED) is 0.868. The van der Waals surface area contributed by atoms with Crippen molar-refractivity contribution in [3.05, 3.63) is 29.3 Å². The largest absolute Gasteiger partial charge is 0.487 e. The fourth-order valence-corrected chi connectivity index (χ4v) is 3.60. The van der Waals surface area contributed by atoms with E-state index in [9.17, 15) is 0 Å². The van der Waals surface area contributed by atoms with Crippen LogP contribution in [0.2, 0.25) is 0 Å². The molecule has 1 saturated carbocycles. The third-order valence-electron chi connectivity index (χ3n) is 4.63. The number of hydrogen-bond acceptors (Lipinski definition) is 2. The van der Waals surface area contributed by atoms with E-state index in [-0.39, 0.29) is 11.0 Å². The Hall–Kier alpha value is -1.02. The van der Waals surface area contributed by atoms with Crippen LogP contribution in [0.3, 0.4) is 0 Å². The molecule has 1 aliphatic heterocycles. The zero-order chi connectivity index (χ0) is 12.8. The molecule has 2 aliphatic rings. The van der Waals surface area contributed by atoms with E-state index in [0.29, 0.717) is 0 Å². The number of rotatable bonds is 2. The van der Waals surface area contributed by atoms with Crippen LogP contribution in [0, 0.1) is 0 Å². The zero-order valence-corrected chi connectivity index (χ0v) is 11.5. The molecule has 1 heterocycles. The fourth-order valence-electron chi connectivity index (χ4n) is 3.60. The minimum Gasteiger partial charge on any atom is -0.487 e. The first-order valence-electron chi connectivity index (χ1n) is 7.07. The monoisotopic (exact) mass is 245 g/mol. The van der Waals surface area contributed by atoms with Gasteiger partial charge in [0.2, 0.25) is 0 Å². The maximum Gasteiger partial charge on any atom is 0.123 e. The first-order chi connectivity index (χ1) is 8.55. The van der Waals surface area contributed by atoms with Gasteiger partial charge in [-0.2, -0.15) is 0 Å². The van der Waals surface area contributed by atoms with Crippen molar-refractivity contribution in [2.75, 3.05) is 6.54 Å². The Morgan fingerprint density at radius 1 is 1.22 bits per heavy atom. The lowest BCUT2D eigenvalue weighted by molar-refractivity contribution is 0.138. The maximum atomic E-state index is 6.07. The van der Waals surface area contributed by atoms with Gasteiger partial charge in [-0.3, -0.25) is 0 Å². The average molecular weight is 245 g/mol. The molecule has 1 aliphatic carbocycles. The van der Waals surface area contributed by atoms with Crippen molar-refractivity contribution in [2.45, 2.75) is 57.0 Å². The third kappa shape index (κ3) is 1.83. The Kier molecular flexibility index (Phi) is 2.67. The van der Waals surface area contributed by atoms with E-state index in [2.05, 4.69) is 32.0 Å². The van der Waals surface area contributed by atoms with Crippen molar-refractivity contribution < 1.29 is 4.74 Å². The standard InChI is InChI=1S/C16H23NO/c1-15(2)10-12-9-13(5-6-14(12)18-15)16(11-17)7-3-4-8-16/h5-6,9H,3-4,7-8,10-11,17H2,1-2H3. The van der Waals surface area contributed by atoms with Crippen LogP contribution >= 0.6 is 0 Å². The highest BCUT2D eigenvalue weighted by Crippen LogP contribution is 2.43. The first kappa shape index (κ1) is 12.0. The number of benzene rings is 1. The van der Waals surface area contributed by atoms with Gasteiger partial charge in [-0.05, 0) is 43.9 Å². The van der Waals surface area contributed by atoms with Gasteiger partial charge in [-0.25, -0.2) is 0 Å². The van der Waals surface area contributed by atoms with Gasteiger partial charge in [0.1, 0.15) is 11.4 Å².